The second-order valence-electron chi connectivity index (χ2n) is 17.2. The van der Waals surface area contributed by atoms with Crippen LogP contribution in [0.15, 0.2) is 158 Å². The van der Waals surface area contributed by atoms with E-state index in [0.29, 0.717) is 0 Å². The van der Waals surface area contributed by atoms with Gasteiger partial charge in [0.25, 0.3) is 0 Å². The molecule has 0 amide bonds. The van der Waals surface area contributed by atoms with Gasteiger partial charge in [-0.25, -0.2) is 9.97 Å². The zero-order valence-electron chi connectivity index (χ0n) is 32.8. The minimum absolute atomic E-state index is 0.0180. The summed E-state index contributed by atoms with van der Waals surface area (Å²) in [6.07, 6.45) is 6.40. The fourth-order valence-corrected chi connectivity index (χ4v) is 11.9. The lowest BCUT2D eigenvalue weighted by atomic mass is 9.67. The van der Waals surface area contributed by atoms with Crippen LogP contribution >= 0.6 is 11.3 Å². The van der Waals surface area contributed by atoms with Gasteiger partial charge >= 0.3 is 0 Å². The van der Waals surface area contributed by atoms with Gasteiger partial charge in [-0.2, -0.15) is 0 Å². The molecule has 1 fully saturated rings. The summed E-state index contributed by atoms with van der Waals surface area (Å²) in [5, 5.41) is 2.34. The lowest BCUT2D eigenvalue weighted by Crippen LogP contribution is -2.28. The molecule has 2 heterocycles. The van der Waals surface area contributed by atoms with Crippen LogP contribution in [-0.2, 0) is 10.8 Å². The standard InChI is InChI=1S/C55H42N2S/c1-54(2)45-20-9-7-18-40(45)43-33-48-44(32-47(43)54)42-31-38(26-27-46(42)55(48)28-11-4-12-29-55)35-24-22-34(23-25-35)37-16-13-17-39(30-37)52-56-51(36-14-5-3-6-15-36)50-41-19-8-10-21-49(41)58-53(50)57-52/h3,5-10,13-27,30-33H,4,11-12,28-29H2,1-2H3. The zero-order chi connectivity index (χ0) is 38.6. The number of hydrogen-bond donors (Lipinski definition) is 0. The molecule has 7 aromatic carbocycles. The SMILES string of the molecule is CC1(C)c2ccccc2-c2cc3c(cc21)-c1cc(-c2ccc(-c4cccc(-c5nc(-c6ccccc6)c6c(n5)sc5ccccc56)c4)cc2)ccc1C31CCCCC1. The minimum Gasteiger partial charge on any atom is -0.227 e. The number of thiophene rings is 1. The summed E-state index contributed by atoms with van der Waals surface area (Å²) < 4.78 is 1.23. The molecule has 2 aromatic heterocycles. The number of hydrogen-bond acceptors (Lipinski definition) is 3. The molecule has 0 bridgehead atoms. The van der Waals surface area contributed by atoms with Crippen molar-refractivity contribution in [2.75, 3.05) is 0 Å². The number of nitrogens with zero attached hydrogens (tertiary/aromatic N) is 2. The van der Waals surface area contributed by atoms with Crippen molar-refractivity contribution < 1.29 is 0 Å². The highest BCUT2D eigenvalue weighted by atomic mass is 32.1. The Morgan fingerprint density at radius 3 is 1.91 bits per heavy atom. The maximum Gasteiger partial charge on any atom is 0.161 e. The normalized spacial score (nSPS) is 15.7. The first-order valence-corrected chi connectivity index (χ1v) is 21.7. The third-order valence-corrected chi connectivity index (χ3v) is 14.8. The van der Waals surface area contributed by atoms with E-state index in [-0.39, 0.29) is 10.8 Å². The van der Waals surface area contributed by atoms with Gasteiger partial charge in [0.15, 0.2) is 5.82 Å². The van der Waals surface area contributed by atoms with E-state index in [1.807, 2.05) is 0 Å². The van der Waals surface area contributed by atoms with E-state index in [1.165, 1.54) is 92.3 Å². The molecule has 0 atom stereocenters. The zero-order valence-corrected chi connectivity index (χ0v) is 33.7. The second-order valence-corrected chi connectivity index (χ2v) is 18.2. The van der Waals surface area contributed by atoms with Crippen molar-refractivity contribution in [3.8, 4) is 67.2 Å². The van der Waals surface area contributed by atoms with Crippen LogP contribution in [-0.4, -0.2) is 9.97 Å². The Labute approximate surface area is 343 Å². The number of benzene rings is 7. The molecule has 278 valence electrons. The first-order chi connectivity index (χ1) is 28.5. The Hall–Kier alpha value is -6.16. The molecule has 1 saturated carbocycles. The van der Waals surface area contributed by atoms with Gasteiger partial charge in [-0.3, -0.25) is 0 Å². The fraction of sp³-hybridized carbons (Fsp3) is 0.164. The van der Waals surface area contributed by atoms with Crippen LogP contribution in [0.4, 0.5) is 0 Å². The van der Waals surface area contributed by atoms with Crippen LogP contribution in [0.1, 0.15) is 68.2 Å². The lowest BCUT2D eigenvalue weighted by Gasteiger charge is -2.36. The Balaban J connectivity index is 0.916. The minimum atomic E-state index is -0.0180. The quantitative estimate of drug-likeness (QED) is 0.178. The average Bonchev–Trinajstić information content (AvgIpc) is 3.86. The molecule has 2 nitrogen and oxygen atoms in total. The maximum atomic E-state index is 5.26. The van der Waals surface area contributed by atoms with Gasteiger partial charge in [0, 0.05) is 37.4 Å². The smallest absolute Gasteiger partial charge is 0.161 e. The van der Waals surface area contributed by atoms with E-state index in [0.717, 1.165) is 38.4 Å². The van der Waals surface area contributed by atoms with Gasteiger partial charge in [-0.05, 0) is 110 Å². The van der Waals surface area contributed by atoms with E-state index in [2.05, 4.69) is 172 Å². The topological polar surface area (TPSA) is 25.8 Å². The van der Waals surface area contributed by atoms with Gasteiger partial charge in [0.2, 0.25) is 0 Å². The predicted octanol–water partition coefficient (Wildman–Crippen LogP) is 15.0. The highest BCUT2D eigenvalue weighted by Gasteiger charge is 2.46. The summed E-state index contributed by atoms with van der Waals surface area (Å²) in [4.78, 5) is 11.5. The highest BCUT2D eigenvalue weighted by molar-refractivity contribution is 7.25. The van der Waals surface area contributed by atoms with E-state index >= 15 is 0 Å². The number of rotatable bonds is 4. The summed E-state index contributed by atoms with van der Waals surface area (Å²) in [7, 11) is 0. The van der Waals surface area contributed by atoms with Crippen molar-refractivity contribution >= 4 is 31.6 Å². The Morgan fingerprint density at radius 2 is 1.09 bits per heavy atom. The van der Waals surface area contributed by atoms with Crippen LogP contribution in [0.25, 0.3) is 87.5 Å². The predicted molar refractivity (Wildman–Crippen MR) is 244 cm³/mol. The Bertz CT molecular complexity index is 3110. The third kappa shape index (κ3) is 4.96. The Morgan fingerprint density at radius 1 is 0.448 bits per heavy atom. The fourth-order valence-electron chi connectivity index (χ4n) is 10.8. The Kier molecular flexibility index (Phi) is 7.41. The molecule has 3 aliphatic rings. The third-order valence-electron chi connectivity index (χ3n) is 13.7. The maximum absolute atomic E-state index is 5.26. The summed E-state index contributed by atoms with van der Waals surface area (Å²) in [5.74, 6) is 0.753. The van der Waals surface area contributed by atoms with Gasteiger partial charge in [0.1, 0.15) is 4.83 Å². The van der Waals surface area contributed by atoms with Gasteiger partial charge in [-0.15, -0.1) is 11.3 Å². The van der Waals surface area contributed by atoms with Crippen LogP contribution < -0.4 is 0 Å². The van der Waals surface area contributed by atoms with Crippen LogP contribution in [0.5, 0.6) is 0 Å². The van der Waals surface area contributed by atoms with E-state index < -0.39 is 0 Å². The average molecular weight is 763 g/mol. The van der Waals surface area contributed by atoms with Crippen LogP contribution in [0.3, 0.4) is 0 Å². The van der Waals surface area contributed by atoms with Gasteiger partial charge in [-0.1, -0.05) is 161 Å². The molecule has 0 unspecified atom stereocenters. The molecule has 1 spiro atoms. The van der Waals surface area contributed by atoms with Crippen LogP contribution in [0, 0.1) is 0 Å². The summed E-state index contributed by atoms with van der Waals surface area (Å²) >= 11 is 1.74. The monoisotopic (exact) mass is 762 g/mol. The molecule has 0 N–H and O–H groups in total. The van der Waals surface area contributed by atoms with Gasteiger partial charge in [0.05, 0.1) is 5.69 Å². The first kappa shape index (κ1) is 33.9. The van der Waals surface area contributed by atoms with E-state index in [9.17, 15) is 0 Å². The van der Waals surface area contributed by atoms with Crippen molar-refractivity contribution in [1.82, 2.24) is 9.97 Å². The highest BCUT2D eigenvalue weighted by Crippen LogP contribution is 2.60. The first-order valence-electron chi connectivity index (χ1n) is 20.9. The summed E-state index contributed by atoms with van der Waals surface area (Å²) in [6.45, 7) is 4.81. The van der Waals surface area contributed by atoms with E-state index in [1.54, 1.807) is 22.5 Å². The van der Waals surface area contributed by atoms with Crippen molar-refractivity contribution in [3.05, 3.63) is 180 Å². The molecule has 58 heavy (non-hydrogen) atoms. The molecular weight excluding hydrogens is 721 g/mol. The molecule has 0 aliphatic heterocycles. The van der Waals surface area contributed by atoms with Crippen molar-refractivity contribution in [2.45, 2.75) is 56.8 Å². The second kappa shape index (κ2) is 12.7. The van der Waals surface area contributed by atoms with Crippen molar-refractivity contribution in [3.63, 3.8) is 0 Å². The van der Waals surface area contributed by atoms with Crippen molar-refractivity contribution in [2.24, 2.45) is 0 Å². The molecule has 9 aromatic rings. The summed E-state index contributed by atoms with van der Waals surface area (Å²) in [5.41, 5.74) is 19.8. The summed E-state index contributed by atoms with van der Waals surface area (Å²) in [6, 6.07) is 58.6. The van der Waals surface area contributed by atoms with Crippen molar-refractivity contribution in [1.29, 1.82) is 0 Å². The molecule has 12 rings (SSSR count). The largest absolute Gasteiger partial charge is 0.227 e. The molecule has 0 radical (unpaired) electrons. The van der Waals surface area contributed by atoms with E-state index in [4.69, 9.17) is 9.97 Å². The molecule has 0 saturated heterocycles. The molecule has 3 aliphatic carbocycles. The molecule has 3 heteroatoms. The van der Waals surface area contributed by atoms with Gasteiger partial charge < -0.3 is 0 Å². The number of fused-ring (bicyclic) bond motifs is 11. The number of aromatic nitrogens is 2. The lowest BCUT2D eigenvalue weighted by molar-refractivity contribution is 0.353. The molecular formula is C55H42N2S. The van der Waals surface area contributed by atoms with Crippen LogP contribution in [0.2, 0.25) is 0 Å².